The summed E-state index contributed by atoms with van der Waals surface area (Å²) in [5.74, 6) is 0. The fraction of sp³-hybridized carbons (Fsp3) is 0. The first-order valence-electron chi connectivity index (χ1n) is 4.80. The summed E-state index contributed by atoms with van der Waals surface area (Å²) in [6, 6.07) is 12.0. The van der Waals surface area contributed by atoms with E-state index in [9.17, 15) is 0 Å². The molecule has 86 valence electrons. The number of nitriles is 3. The van der Waals surface area contributed by atoms with Crippen LogP contribution in [0.15, 0.2) is 40.7 Å². The molecule has 6 heteroatoms. The first-order chi connectivity index (χ1) is 8.71. The highest BCUT2D eigenvalue weighted by atomic mass is 14.9. The van der Waals surface area contributed by atoms with Crippen LogP contribution in [-0.4, -0.2) is 6.34 Å². The van der Waals surface area contributed by atoms with Crippen LogP contribution >= 0.6 is 0 Å². The number of anilines is 1. The van der Waals surface area contributed by atoms with Gasteiger partial charge in [0.1, 0.15) is 17.8 Å². The van der Waals surface area contributed by atoms with E-state index in [2.05, 4.69) is 10.3 Å². The number of rotatable bonds is 3. The van der Waals surface area contributed by atoms with Gasteiger partial charge >= 0.3 is 0 Å². The van der Waals surface area contributed by atoms with Crippen LogP contribution in [-0.2, 0) is 0 Å². The number of nitrogens with one attached hydrogen (secondary N) is 1. The summed E-state index contributed by atoms with van der Waals surface area (Å²) in [5.41, 5.74) is 6.11. The summed E-state index contributed by atoms with van der Waals surface area (Å²) in [6.45, 7) is 0. The van der Waals surface area contributed by atoms with E-state index in [0.29, 0.717) is 11.3 Å². The van der Waals surface area contributed by atoms with Gasteiger partial charge in [-0.2, -0.15) is 15.8 Å². The van der Waals surface area contributed by atoms with E-state index >= 15 is 0 Å². The number of nitrogens with zero attached hydrogens (tertiary/aromatic N) is 4. The average Bonchev–Trinajstić information content (AvgIpc) is 2.43. The molecule has 0 heterocycles. The number of allylic oxidation sites excluding steroid dienone is 2. The molecular formula is C12H8N6. The predicted molar refractivity (Wildman–Crippen MR) is 65.7 cm³/mol. The van der Waals surface area contributed by atoms with Crippen molar-refractivity contribution in [1.29, 1.82) is 15.8 Å². The number of benzene rings is 1. The molecule has 0 unspecified atom stereocenters. The SMILES string of the molecule is N#C/C(N)=C(\C#N)N=CNc1ccc(C#N)cc1. The maximum Gasteiger partial charge on any atom is 0.175 e. The molecule has 0 amide bonds. The molecule has 0 saturated heterocycles. The molecule has 1 rings (SSSR count). The number of nitrogens with two attached hydrogens (primary N) is 1. The Morgan fingerprint density at radius 2 is 1.83 bits per heavy atom. The van der Waals surface area contributed by atoms with Crippen molar-refractivity contribution in [3.63, 3.8) is 0 Å². The van der Waals surface area contributed by atoms with Crippen LogP contribution in [0.3, 0.4) is 0 Å². The Balaban J connectivity index is 2.74. The zero-order valence-electron chi connectivity index (χ0n) is 9.25. The lowest BCUT2D eigenvalue weighted by Gasteiger charge is -1.99. The number of hydrogen-bond donors (Lipinski definition) is 2. The molecule has 0 atom stereocenters. The average molecular weight is 236 g/mol. The molecule has 3 N–H and O–H groups in total. The maximum absolute atomic E-state index is 8.68. The Kier molecular flexibility index (Phi) is 4.48. The van der Waals surface area contributed by atoms with Crippen molar-refractivity contribution in [2.24, 2.45) is 10.7 Å². The van der Waals surface area contributed by atoms with Crippen LogP contribution in [0.5, 0.6) is 0 Å². The Bertz CT molecular complexity index is 604. The molecular weight excluding hydrogens is 228 g/mol. The summed E-state index contributed by atoms with van der Waals surface area (Å²) in [4.78, 5) is 3.72. The van der Waals surface area contributed by atoms with Crippen molar-refractivity contribution in [1.82, 2.24) is 0 Å². The third kappa shape index (κ3) is 3.37. The predicted octanol–water partition coefficient (Wildman–Crippen LogP) is 1.22. The highest BCUT2D eigenvalue weighted by Gasteiger charge is 1.98. The molecule has 6 nitrogen and oxygen atoms in total. The molecule has 0 bridgehead atoms. The minimum Gasteiger partial charge on any atom is -0.388 e. The minimum atomic E-state index is -0.240. The molecule has 0 aliphatic heterocycles. The first-order valence-corrected chi connectivity index (χ1v) is 4.80. The van der Waals surface area contributed by atoms with Gasteiger partial charge in [-0.15, -0.1) is 0 Å². The summed E-state index contributed by atoms with van der Waals surface area (Å²) < 4.78 is 0. The van der Waals surface area contributed by atoms with Gasteiger partial charge in [0.2, 0.25) is 0 Å². The summed E-state index contributed by atoms with van der Waals surface area (Å²) in [6.07, 6.45) is 1.25. The quantitative estimate of drug-likeness (QED) is 0.464. The van der Waals surface area contributed by atoms with E-state index in [4.69, 9.17) is 21.5 Å². The zero-order chi connectivity index (χ0) is 13.4. The normalized spacial score (nSPS) is 10.9. The van der Waals surface area contributed by atoms with E-state index in [1.54, 1.807) is 36.4 Å². The fourth-order valence-corrected chi connectivity index (χ4v) is 1.02. The molecule has 0 spiro atoms. The summed E-state index contributed by atoms with van der Waals surface area (Å²) in [5, 5.41) is 28.6. The molecule has 0 aromatic heterocycles. The highest BCUT2D eigenvalue weighted by molar-refractivity contribution is 5.77. The maximum atomic E-state index is 8.68. The molecule has 0 aliphatic carbocycles. The van der Waals surface area contributed by atoms with Gasteiger partial charge in [0.25, 0.3) is 0 Å². The largest absolute Gasteiger partial charge is 0.388 e. The van der Waals surface area contributed by atoms with E-state index < -0.39 is 0 Å². The summed E-state index contributed by atoms with van der Waals surface area (Å²) in [7, 11) is 0. The smallest absolute Gasteiger partial charge is 0.175 e. The third-order valence-corrected chi connectivity index (χ3v) is 1.92. The Morgan fingerprint density at radius 3 is 2.33 bits per heavy atom. The van der Waals surface area contributed by atoms with Crippen molar-refractivity contribution in [3.8, 4) is 18.2 Å². The van der Waals surface area contributed by atoms with Crippen LogP contribution in [0.2, 0.25) is 0 Å². The Labute approximate surface area is 104 Å². The van der Waals surface area contributed by atoms with Crippen molar-refractivity contribution < 1.29 is 0 Å². The van der Waals surface area contributed by atoms with Crippen LogP contribution in [0.4, 0.5) is 5.69 Å². The molecule has 1 aromatic rings. The molecule has 0 saturated carbocycles. The molecule has 0 aliphatic rings. The monoisotopic (exact) mass is 236 g/mol. The Hall–Kier alpha value is -3.30. The summed E-state index contributed by atoms with van der Waals surface area (Å²) >= 11 is 0. The van der Waals surface area contributed by atoms with Crippen LogP contribution in [0, 0.1) is 34.0 Å². The van der Waals surface area contributed by atoms with Gasteiger partial charge in [-0.1, -0.05) is 0 Å². The van der Waals surface area contributed by atoms with E-state index in [-0.39, 0.29) is 11.4 Å². The third-order valence-electron chi connectivity index (χ3n) is 1.92. The van der Waals surface area contributed by atoms with Gasteiger partial charge in [0, 0.05) is 5.69 Å². The topological polar surface area (TPSA) is 122 Å². The fourth-order valence-electron chi connectivity index (χ4n) is 1.02. The van der Waals surface area contributed by atoms with Crippen LogP contribution < -0.4 is 11.1 Å². The van der Waals surface area contributed by atoms with Gasteiger partial charge in [-0.3, -0.25) is 0 Å². The van der Waals surface area contributed by atoms with E-state index in [1.165, 1.54) is 6.34 Å². The molecule has 1 aromatic carbocycles. The lowest BCUT2D eigenvalue weighted by Crippen LogP contribution is -2.00. The van der Waals surface area contributed by atoms with Gasteiger partial charge in [-0.05, 0) is 24.3 Å². The second kappa shape index (κ2) is 6.32. The molecule has 18 heavy (non-hydrogen) atoms. The second-order valence-corrected chi connectivity index (χ2v) is 3.08. The van der Waals surface area contributed by atoms with E-state index in [0.717, 1.165) is 0 Å². The zero-order valence-corrected chi connectivity index (χ0v) is 9.25. The van der Waals surface area contributed by atoms with Gasteiger partial charge in [0.15, 0.2) is 5.70 Å². The number of hydrogen-bond acceptors (Lipinski definition) is 5. The van der Waals surface area contributed by atoms with Gasteiger partial charge < -0.3 is 11.1 Å². The second-order valence-electron chi connectivity index (χ2n) is 3.08. The first kappa shape index (κ1) is 12.8. The van der Waals surface area contributed by atoms with Crippen LogP contribution in [0.25, 0.3) is 0 Å². The number of aliphatic imine (C=N–C) groups is 1. The lowest BCUT2D eigenvalue weighted by molar-refractivity contribution is 1.27. The van der Waals surface area contributed by atoms with Crippen molar-refractivity contribution in [2.75, 3.05) is 5.32 Å². The standard InChI is InChI=1S/C12H8N6/c13-5-9-1-3-10(4-2-9)17-8-18-12(7-15)11(16)6-14/h1-4,8H,16H2,(H,17,18)/b12-11-. The van der Waals surface area contributed by atoms with E-state index in [1.807, 2.05) is 6.07 Å². The molecule has 0 fully saturated rings. The van der Waals surface area contributed by atoms with Crippen molar-refractivity contribution >= 4 is 12.0 Å². The van der Waals surface area contributed by atoms with Gasteiger partial charge in [0.05, 0.1) is 18.0 Å². The van der Waals surface area contributed by atoms with Gasteiger partial charge in [-0.25, -0.2) is 4.99 Å². The lowest BCUT2D eigenvalue weighted by atomic mass is 10.2. The van der Waals surface area contributed by atoms with Crippen molar-refractivity contribution in [3.05, 3.63) is 41.2 Å². The Morgan fingerprint density at radius 1 is 1.17 bits per heavy atom. The minimum absolute atomic E-state index is 0.154. The highest BCUT2D eigenvalue weighted by Crippen LogP contribution is 2.07. The molecule has 0 radical (unpaired) electrons. The van der Waals surface area contributed by atoms with Crippen LogP contribution in [0.1, 0.15) is 5.56 Å². The van der Waals surface area contributed by atoms with Crippen molar-refractivity contribution in [2.45, 2.75) is 0 Å².